The fraction of sp³-hybridized carbons (Fsp3) is 0.320. The Hall–Kier alpha value is -4.26. The number of aromatic nitrogens is 6. The molecule has 0 saturated heterocycles. The van der Waals surface area contributed by atoms with Crippen LogP contribution in [0.25, 0.3) is 16.9 Å². The Balaban J connectivity index is 1.69. The molecule has 0 fully saturated rings. The molecule has 200 valence electrons. The standard InChI is InChI=1S/C25H27F3N8O2/c1-14-22(36-13-21(32-33-36)19-11-30-35(5)15(19)2)8-16(10-29-14)24(37)31-20-9-18(25(26,27)28)7-17(12-34(3)4)23(20)38-6/h7-11,13H,12H2,1-6H3,(H,31,37). The van der Waals surface area contributed by atoms with Gasteiger partial charge in [-0.1, -0.05) is 5.21 Å². The number of amides is 1. The molecule has 1 amide bonds. The lowest BCUT2D eigenvalue weighted by atomic mass is 10.1. The third-order valence-corrected chi connectivity index (χ3v) is 6.01. The minimum absolute atomic E-state index is 0.0959. The average Bonchev–Trinajstić information content (AvgIpc) is 3.45. The first-order valence-corrected chi connectivity index (χ1v) is 11.5. The van der Waals surface area contributed by atoms with E-state index in [4.69, 9.17) is 4.74 Å². The minimum atomic E-state index is -4.61. The number of carbonyl (C=O) groups excluding carboxylic acids is 1. The summed E-state index contributed by atoms with van der Waals surface area (Å²) in [6.07, 6.45) is 0.117. The van der Waals surface area contributed by atoms with Crippen molar-refractivity contribution in [1.82, 2.24) is 34.7 Å². The second kappa shape index (κ2) is 10.2. The van der Waals surface area contributed by atoms with Crippen molar-refractivity contribution in [3.63, 3.8) is 0 Å². The Labute approximate surface area is 217 Å². The van der Waals surface area contributed by atoms with Crippen LogP contribution in [0, 0.1) is 13.8 Å². The number of hydrogen-bond acceptors (Lipinski definition) is 7. The van der Waals surface area contributed by atoms with Crippen LogP contribution < -0.4 is 10.1 Å². The van der Waals surface area contributed by atoms with Crippen molar-refractivity contribution in [1.29, 1.82) is 0 Å². The summed E-state index contributed by atoms with van der Waals surface area (Å²) >= 11 is 0. The van der Waals surface area contributed by atoms with E-state index in [0.717, 1.165) is 23.4 Å². The summed E-state index contributed by atoms with van der Waals surface area (Å²) in [5.41, 5.74) is 2.78. The molecule has 3 heterocycles. The van der Waals surface area contributed by atoms with Gasteiger partial charge >= 0.3 is 6.18 Å². The van der Waals surface area contributed by atoms with Crippen LogP contribution in [0.15, 0.2) is 36.8 Å². The minimum Gasteiger partial charge on any atom is -0.494 e. The number of hydrogen-bond donors (Lipinski definition) is 1. The van der Waals surface area contributed by atoms with Crippen molar-refractivity contribution in [3.8, 4) is 22.7 Å². The van der Waals surface area contributed by atoms with Gasteiger partial charge in [0.25, 0.3) is 5.91 Å². The van der Waals surface area contributed by atoms with Crippen molar-refractivity contribution in [3.05, 3.63) is 64.9 Å². The molecule has 0 bridgehead atoms. The van der Waals surface area contributed by atoms with Gasteiger partial charge in [-0.2, -0.15) is 18.3 Å². The number of carbonyl (C=O) groups is 1. The zero-order valence-corrected chi connectivity index (χ0v) is 21.8. The van der Waals surface area contributed by atoms with E-state index < -0.39 is 17.6 Å². The molecule has 3 aromatic heterocycles. The van der Waals surface area contributed by atoms with E-state index in [9.17, 15) is 18.0 Å². The highest BCUT2D eigenvalue weighted by Gasteiger charge is 2.33. The van der Waals surface area contributed by atoms with E-state index in [-0.39, 0.29) is 29.1 Å². The van der Waals surface area contributed by atoms with Gasteiger partial charge in [0.2, 0.25) is 0 Å². The number of anilines is 1. The van der Waals surface area contributed by atoms with Gasteiger partial charge in [-0.3, -0.25) is 14.5 Å². The number of alkyl halides is 3. The maximum absolute atomic E-state index is 13.6. The number of halogens is 3. The van der Waals surface area contributed by atoms with E-state index in [2.05, 4.69) is 25.7 Å². The molecule has 1 N–H and O–H groups in total. The van der Waals surface area contributed by atoms with E-state index >= 15 is 0 Å². The van der Waals surface area contributed by atoms with Gasteiger partial charge in [-0.15, -0.1) is 5.10 Å². The molecule has 0 spiro atoms. The Morgan fingerprint density at radius 1 is 1.16 bits per heavy atom. The molecule has 13 heteroatoms. The molecule has 4 rings (SSSR count). The molecule has 0 saturated carbocycles. The third-order valence-electron chi connectivity index (χ3n) is 6.01. The van der Waals surface area contributed by atoms with E-state index in [1.54, 1.807) is 49.1 Å². The summed E-state index contributed by atoms with van der Waals surface area (Å²) in [5, 5.41) is 15.2. The molecule has 4 aromatic rings. The van der Waals surface area contributed by atoms with Crippen LogP contribution >= 0.6 is 0 Å². The number of rotatable bonds is 7. The molecule has 0 aliphatic carbocycles. The van der Waals surface area contributed by atoms with Crippen LogP contribution in [0.3, 0.4) is 0 Å². The molecule has 38 heavy (non-hydrogen) atoms. The zero-order chi connectivity index (χ0) is 27.8. The van der Waals surface area contributed by atoms with Crippen molar-refractivity contribution >= 4 is 11.6 Å². The maximum Gasteiger partial charge on any atom is 0.416 e. The van der Waals surface area contributed by atoms with E-state index in [1.165, 1.54) is 18.0 Å². The van der Waals surface area contributed by atoms with E-state index in [1.807, 2.05) is 14.0 Å². The average molecular weight is 529 g/mol. The topological polar surface area (TPSA) is 103 Å². The highest BCUT2D eigenvalue weighted by atomic mass is 19.4. The highest BCUT2D eigenvalue weighted by Crippen LogP contribution is 2.38. The normalized spacial score (nSPS) is 11.7. The Morgan fingerprint density at radius 3 is 2.50 bits per heavy atom. The molecular formula is C25H27F3N8O2. The molecule has 0 unspecified atom stereocenters. The first-order chi connectivity index (χ1) is 17.9. The number of ether oxygens (including phenoxy) is 1. The molecule has 0 aliphatic rings. The van der Waals surface area contributed by atoms with Crippen LogP contribution in [-0.2, 0) is 19.8 Å². The van der Waals surface area contributed by atoms with Gasteiger partial charge in [0.1, 0.15) is 11.4 Å². The van der Waals surface area contributed by atoms with Crippen molar-refractivity contribution in [2.24, 2.45) is 7.05 Å². The second-order valence-corrected chi connectivity index (χ2v) is 9.05. The number of benzene rings is 1. The monoisotopic (exact) mass is 528 g/mol. The smallest absolute Gasteiger partial charge is 0.416 e. The number of methoxy groups -OCH3 is 1. The first-order valence-electron chi connectivity index (χ1n) is 11.5. The lowest BCUT2D eigenvalue weighted by Crippen LogP contribution is -2.18. The van der Waals surface area contributed by atoms with Gasteiger partial charge in [0.15, 0.2) is 0 Å². The summed E-state index contributed by atoms with van der Waals surface area (Å²) in [7, 11) is 6.61. The lowest BCUT2D eigenvalue weighted by molar-refractivity contribution is -0.137. The van der Waals surface area contributed by atoms with Crippen molar-refractivity contribution in [2.75, 3.05) is 26.5 Å². The van der Waals surface area contributed by atoms with Crippen molar-refractivity contribution < 1.29 is 22.7 Å². The quantitative estimate of drug-likeness (QED) is 0.387. The molecule has 10 nitrogen and oxygen atoms in total. The van der Waals surface area contributed by atoms with Crippen LogP contribution in [-0.4, -0.2) is 61.8 Å². The summed E-state index contributed by atoms with van der Waals surface area (Å²) in [6, 6.07) is 3.43. The van der Waals surface area contributed by atoms with Crippen molar-refractivity contribution in [2.45, 2.75) is 26.6 Å². The number of aryl methyl sites for hydroxylation is 2. The van der Waals surface area contributed by atoms with Gasteiger partial charge in [0.05, 0.1) is 47.7 Å². The number of nitrogens with zero attached hydrogens (tertiary/aromatic N) is 7. The first kappa shape index (κ1) is 26.8. The fourth-order valence-corrected chi connectivity index (χ4v) is 3.97. The SMILES string of the molecule is COc1c(CN(C)C)cc(C(F)(F)F)cc1NC(=O)c1cnc(C)c(-n2cc(-c3cnn(C)c3C)nn2)c1. The molecule has 1 aromatic carbocycles. The van der Waals surface area contributed by atoms with Crippen LogP contribution in [0.2, 0.25) is 0 Å². The largest absolute Gasteiger partial charge is 0.494 e. The second-order valence-electron chi connectivity index (χ2n) is 9.05. The van der Waals surface area contributed by atoms with Gasteiger partial charge in [-0.25, -0.2) is 4.68 Å². The Kier molecular flexibility index (Phi) is 7.22. The molecular weight excluding hydrogens is 501 g/mol. The predicted octanol–water partition coefficient (Wildman–Crippen LogP) is 4.02. The van der Waals surface area contributed by atoms with Gasteiger partial charge in [-0.05, 0) is 46.1 Å². The Morgan fingerprint density at radius 2 is 1.89 bits per heavy atom. The van der Waals surface area contributed by atoms with Gasteiger partial charge in [0, 0.05) is 36.6 Å². The summed E-state index contributed by atoms with van der Waals surface area (Å²) in [6.45, 7) is 3.83. The van der Waals surface area contributed by atoms with Gasteiger partial charge < -0.3 is 15.0 Å². The molecule has 0 atom stereocenters. The molecule has 0 radical (unpaired) electrons. The number of pyridine rings is 1. The summed E-state index contributed by atoms with van der Waals surface area (Å²) < 4.78 is 49.5. The fourth-order valence-electron chi connectivity index (χ4n) is 3.97. The number of nitrogens with one attached hydrogen (secondary N) is 1. The third kappa shape index (κ3) is 5.37. The summed E-state index contributed by atoms with van der Waals surface area (Å²) in [5.74, 6) is -0.510. The van der Waals surface area contributed by atoms with Crippen LogP contribution in [0.1, 0.15) is 32.9 Å². The maximum atomic E-state index is 13.6. The van der Waals surface area contributed by atoms with Crippen LogP contribution in [0.4, 0.5) is 18.9 Å². The molecule has 0 aliphatic heterocycles. The zero-order valence-electron chi connectivity index (χ0n) is 21.8. The Bertz CT molecular complexity index is 1490. The van der Waals surface area contributed by atoms with Crippen LogP contribution in [0.5, 0.6) is 5.75 Å². The summed E-state index contributed by atoms with van der Waals surface area (Å²) in [4.78, 5) is 19.2. The van der Waals surface area contributed by atoms with E-state index in [0.29, 0.717) is 17.1 Å². The predicted molar refractivity (Wildman–Crippen MR) is 134 cm³/mol. The lowest BCUT2D eigenvalue weighted by Gasteiger charge is -2.20. The highest BCUT2D eigenvalue weighted by molar-refractivity contribution is 6.05.